The Morgan fingerprint density at radius 2 is 1.83 bits per heavy atom. The van der Waals surface area contributed by atoms with Crippen molar-refractivity contribution in [1.82, 2.24) is 20.0 Å². The molecule has 0 bridgehead atoms. The van der Waals surface area contributed by atoms with Crippen LogP contribution in [-0.2, 0) is 0 Å². The molecular weight excluding hydrogens is 383 g/mol. The van der Waals surface area contributed by atoms with E-state index in [-0.39, 0.29) is 17.6 Å². The molecule has 2 aliphatic rings. The number of benzene rings is 1. The van der Waals surface area contributed by atoms with Gasteiger partial charge in [0, 0.05) is 42.8 Å². The lowest BCUT2D eigenvalue weighted by atomic mass is 9.89. The third kappa shape index (κ3) is 3.72. The molecule has 30 heavy (non-hydrogen) atoms. The molecule has 154 valence electrons. The zero-order valence-corrected chi connectivity index (χ0v) is 16.8. The number of rotatable bonds is 4. The van der Waals surface area contributed by atoms with Crippen molar-refractivity contribution in [2.75, 3.05) is 13.1 Å². The van der Waals surface area contributed by atoms with Gasteiger partial charge in [-0.1, -0.05) is 5.16 Å². The highest BCUT2D eigenvalue weighted by atomic mass is 19.1. The molecule has 0 radical (unpaired) electrons. The van der Waals surface area contributed by atoms with E-state index >= 15 is 0 Å². The van der Waals surface area contributed by atoms with Crippen molar-refractivity contribution in [2.24, 2.45) is 0 Å². The quantitative estimate of drug-likeness (QED) is 0.639. The first-order valence-electron chi connectivity index (χ1n) is 10.4. The van der Waals surface area contributed by atoms with Crippen LogP contribution in [-0.4, -0.2) is 39.0 Å². The molecule has 0 spiro atoms. The van der Waals surface area contributed by atoms with Gasteiger partial charge < -0.3 is 9.42 Å². The van der Waals surface area contributed by atoms with Crippen LogP contribution in [0.1, 0.15) is 65.1 Å². The van der Waals surface area contributed by atoms with Crippen molar-refractivity contribution in [3.05, 3.63) is 65.1 Å². The minimum Gasteiger partial charge on any atom is -0.356 e. The molecule has 1 saturated carbocycles. The van der Waals surface area contributed by atoms with Gasteiger partial charge in [0.15, 0.2) is 5.76 Å². The van der Waals surface area contributed by atoms with E-state index in [1.165, 1.54) is 12.1 Å². The molecule has 0 N–H and O–H groups in total. The second-order valence-electron chi connectivity index (χ2n) is 8.21. The smallest absolute Gasteiger partial charge is 0.253 e. The molecule has 3 heterocycles. The minimum absolute atomic E-state index is 0.0547. The van der Waals surface area contributed by atoms with Crippen LogP contribution in [0, 0.1) is 12.7 Å². The summed E-state index contributed by atoms with van der Waals surface area (Å²) in [4.78, 5) is 24.1. The van der Waals surface area contributed by atoms with Crippen LogP contribution in [0.15, 0.2) is 41.1 Å². The lowest BCUT2D eigenvalue weighted by Gasteiger charge is -2.32. The molecule has 1 aliphatic heterocycles. The van der Waals surface area contributed by atoms with Gasteiger partial charge in [0.05, 0.1) is 17.0 Å². The fraction of sp³-hybridized carbons (Fsp3) is 0.391. The van der Waals surface area contributed by atoms with Crippen LogP contribution < -0.4 is 0 Å². The second kappa shape index (κ2) is 7.63. The van der Waals surface area contributed by atoms with Gasteiger partial charge in [0.2, 0.25) is 0 Å². The Labute approximate surface area is 174 Å². The van der Waals surface area contributed by atoms with E-state index in [4.69, 9.17) is 9.51 Å². The third-order valence-corrected chi connectivity index (χ3v) is 5.93. The van der Waals surface area contributed by atoms with E-state index in [0.717, 1.165) is 48.5 Å². The summed E-state index contributed by atoms with van der Waals surface area (Å²) >= 11 is 0. The molecule has 6 nitrogen and oxygen atoms in total. The van der Waals surface area contributed by atoms with Crippen molar-refractivity contribution in [2.45, 2.75) is 44.4 Å². The third-order valence-electron chi connectivity index (χ3n) is 5.93. The number of halogens is 1. The Balaban J connectivity index is 1.36. The average molecular weight is 406 g/mol. The first-order chi connectivity index (χ1) is 14.6. The van der Waals surface area contributed by atoms with Crippen LogP contribution in [0.2, 0.25) is 0 Å². The summed E-state index contributed by atoms with van der Waals surface area (Å²) in [5.74, 6) is 1.90. The van der Waals surface area contributed by atoms with Crippen molar-refractivity contribution < 1.29 is 13.7 Å². The number of likely N-dealkylation sites (tertiary alicyclic amines) is 1. The van der Waals surface area contributed by atoms with Gasteiger partial charge in [0.25, 0.3) is 5.91 Å². The van der Waals surface area contributed by atoms with Gasteiger partial charge in [0.1, 0.15) is 11.6 Å². The number of piperidine rings is 1. The molecular formula is C23H23FN4O2. The molecule has 7 heteroatoms. The molecule has 2 aromatic heterocycles. The van der Waals surface area contributed by atoms with E-state index in [1.807, 2.05) is 24.1 Å². The Kier molecular flexibility index (Phi) is 4.81. The number of amides is 1. The molecule has 0 unspecified atom stereocenters. The summed E-state index contributed by atoms with van der Waals surface area (Å²) in [7, 11) is 0. The highest BCUT2D eigenvalue weighted by Gasteiger charge is 2.31. The van der Waals surface area contributed by atoms with Gasteiger partial charge in [-0.15, -0.1) is 0 Å². The summed E-state index contributed by atoms with van der Waals surface area (Å²) in [6.45, 7) is 3.17. The van der Waals surface area contributed by atoms with Crippen LogP contribution in [0.25, 0.3) is 11.3 Å². The van der Waals surface area contributed by atoms with Crippen LogP contribution in [0.4, 0.5) is 4.39 Å². The number of hydrogen-bond donors (Lipinski definition) is 0. The maximum absolute atomic E-state index is 13.2. The number of aryl methyl sites for hydroxylation is 1. The highest BCUT2D eigenvalue weighted by Crippen LogP contribution is 2.41. The number of aromatic nitrogens is 3. The zero-order valence-electron chi connectivity index (χ0n) is 16.8. The first kappa shape index (κ1) is 18.9. The predicted molar refractivity (Wildman–Crippen MR) is 109 cm³/mol. The molecule has 5 rings (SSSR count). The van der Waals surface area contributed by atoms with Gasteiger partial charge in [-0.2, -0.15) is 0 Å². The van der Waals surface area contributed by atoms with Crippen molar-refractivity contribution >= 4 is 5.91 Å². The van der Waals surface area contributed by atoms with Gasteiger partial charge in [-0.05, 0) is 56.9 Å². The minimum atomic E-state index is -0.337. The lowest BCUT2D eigenvalue weighted by molar-refractivity contribution is 0.0712. The molecule has 1 saturated heterocycles. The summed E-state index contributed by atoms with van der Waals surface area (Å²) in [5, 5.41) is 4.01. The monoisotopic (exact) mass is 406 g/mol. The predicted octanol–water partition coefficient (Wildman–Crippen LogP) is 4.48. The Hall–Kier alpha value is -3.09. The van der Waals surface area contributed by atoms with E-state index in [2.05, 4.69) is 10.1 Å². The molecule has 2 fully saturated rings. The standard InChI is InChI=1S/C23H23FN4O2/c1-14-12-20(30-27-14)19-13-25-22(16-2-3-16)26-21(19)15-8-10-28(11-9-15)23(29)17-4-6-18(24)7-5-17/h4-7,12-13,15-16H,2-3,8-11H2,1H3. The largest absolute Gasteiger partial charge is 0.356 e. The molecule has 3 aromatic rings. The lowest BCUT2D eigenvalue weighted by Crippen LogP contribution is -2.38. The second-order valence-corrected chi connectivity index (χ2v) is 8.21. The normalized spacial score (nSPS) is 17.3. The summed E-state index contributed by atoms with van der Waals surface area (Å²) in [6, 6.07) is 7.64. The maximum atomic E-state index is 13.2. The van der Waals surface area contributed by atoms with E-state index in [0.29, 0.717) is 30.3 Å². The van der Waals surface area contributed by atoms with E-state index < -0.39 is 0 Å². The van der Waals surface area contributed by atoms with Crippen molar-refractivity contribution in [1.29, 1.82) is 0 Å². The highest BCUT2D eigenvalue weighted by molar-refractivity contribution is 5.94. The van der Waals surface area contributed by atoms with E-state index in [1.54, 1.807) is 12.1 Å². The molecule has 1 amide bonds. The van der Waals surface area contributed by atoms with Gasteiger partial charge in [-0.3, -0.25) is 4.79 Å². The zero-order chi connectivity index (χ0) is 20.7. The van der Waals surface area contributed by atoms with Gasteiger partial charge in [-0.25, -0.2) is 14.4 Å². The van der Waals surface area contributed by atoms with Gasteiger partial charge >= 0.3 is 0 Å². The van der Waals surface area contributed by atoms with E-state index in [9.17, 15) is 9.18 Å². The Morgan fingerprint density at radius 1 is 1.10 bits per heavy atom. The van der Waals surface area contributed by atoms with Crippen molar-refractivity contribution in [3.63, 3.8) is 0 Å². The van der Waals surface area contributed by atoms with Crippen LogP contribution in [0.3, 0.4) is 0 Å². The Morgan fingerprint density at radius 3 is 2.47 bits per heavy atom. The number of carbonyl (C=O) groups is 1. The number of hydrogen-bond acceptors (Lipinski definition) is 5. The fourth-order valence-corrected chi connectivity index (χ4v) is 4.07. The first-order valence-corrected chi connectivity index (χ1v) is 10.4. The number of carbonyl (C=O) groups excluding carboxylic acids is 1. The maximum Gasteiger partial charge on any atom is 0.253 e. The van der Waals surface area contributed by atoms with Crippen LogP contribution >= 0.6 is 0 Å². The average Bonchev–Trinajstić information content (AvgIpc) is 3.54. The molecule has 1 aromatic carbocycles. The fourth-order valence-electron chi connectivity index (χ4n) is 4.07. The van der Waals surface area contributed by atoms with Crippen molar-refractivity contribution in [3.8, 4) is 11.3 Å². The van der Waals surface area contributed by atoms with Crippen LogP contribution in [0.5, 0.6) is 0 Å². The summed E-state index contributed by atoms with van der Waals surface area (Å²) < 4.78 is 18.7. The number of nitrogens with zero attached hydrogens (tertiary/aromatic N) is 4. The summed E-state index contributed by atoms with van der Waals surface area (Å²) in [5.41, 5.74) is 3.23. The molecule has 0 atom stereocenters. The molecule has 1 aliphatic carbocycles. The summed E-state index contributed by atoms with van der Waals surface area (Å²) in [6.07, 6.45) is 5.78. The topological polar surface area (TPSA) is 72.1 Å². The SMILES string of the molecule is Cc1cc(-c2cnc(C3CC3)nc2C2CCN(C(=O)c3ccc(F)cc3)CC2)on1. The Bertz CT molecular complexity index is 1070.